The SMILES string of the molecule is C[C@@H]1C=CC[C@H]2C(=O)N(N(CC(=O)c3cccc([N+](=O)[O-])c3)C(=O)c3ccc([N+](=O)[O-])cc3)C(=O)[C@@H]12. The second-order valence-electron chi connectivity index (χ2n) is 8.54. The van der Waals surface area contributed by atoms with Gasteiger partial charge in [-0.1, -0.05) is 31.2 Å². The number of carbonyl (C=O) groups is 4. The number of nitrogens with zero attached hydrogens (tertiary/aromatic N) is 4. The molecule has 0 bridgehead atoms. The summed E-state index contributed by atoms with van der Waals surface area (Å²) in [5, 5.41) is 23.5. The van der Waals surface area contributed by atoms with Crippen LogP contribution in [-0.2, 0) is 9.59 Å². The number of hydrogen-bond donors (Lipinski definition) is 0. The van der Waals surface area contributed by atoms with Crippen molar-refractivity contribution in [3.8, 4) is 0 Å². The molecule has 1 aliphatic carbocycles. The smallest absolute Gasteiger partial charge is 0.273 e. The van der Waals surface area contributed by atoms with Crippen molar-refractivity contribution >= 4 is 34.9 Å². The van der Waals surface area contributed by atoms with Crippen LogP contribution < -0.4 is 0 Å². The highest BCUT2D eigenvalue weighted by Crippen LogP contribution is 2.39. The molecule has 184 valence electrons. The Labute approximate surface area is 204 Å². The first kappa shape index (κ1) is 24.4. The Morgan fingerprint density at radius 3 is 2.25 bits per heavy atom. The van der Waals surface area contributed by atoms with Crippen molar-refractivity contribution in [2.24, 2.45) is 17.8 Å². The zero-order valence-corrected chi connectivity index (χ0v) is 19.0. The molecule has 1 aliphatic heterocycles. The van der Waals surface area contributed by atoms with E-state index in [1.807, 2.05) is 6.08 Å². The second kappa shape index (κ2) is 9.49. The van der Waals surface area contributed by atoms with Crippen molar-refractivity contribution in [2.75, 3.05) is 6.54 Å². The van der Waals surface area contributed by atoms with Crippen LogP contribution in [0.1, 0.15) is 34.1 Å². The number of carbonyl (C=O) groups excluding carboxylic acids is 4. The van der Waals surface area contributed by atoms with Crippen molar-refractivity contribution in [3.05, 3.63) is 92.0 Å². The summed E-state index contributed by atoms with van der Waals surface area (Å²) in [5.74, 6) is -4.58. The highest BCUT2D eigenvalue weighted by molar-refractivity contribution is 6.10. The molecule has 0 aromatic heterocycles. The normalized spacial score (nSPS) is 20.7. The van der Waals surface area contributed by atoms with E-state index in [0.717, 1.165) is 35.3 Å². The molecule has 0 unspecified atom stereocenters. The molecule has 0 spiro atoms. The van der Waals surface area contributed by atoms with Crippen LogP contribution >= 0.6 is 0 Å². The predicted molar refractivity (Wildman–Crippen MR) is 123 cm³/mol. The van der Waals surface area contributed by atoms with Crippen molar-refractivity contribution in [1.29, 1.82) is 0 Å². The Bertz CT molecular complexity index is 1320. The molecule has 3 atom stereocenters. The van der Waals surface area contributed by atoms with Gasteiger partial charge in [0.25, 0.3) is 29.1 Å². The van der Waals surface area contributed by atoms with E-state index in [1.54, 1.807) is 13.0 Å². The first-order chi connectivity index (χ1) is 17.1. The van der Waals surface area contributed by atoms with E-state index in [4.69, 9.17) is 0 Å². The molecule has 2 aliphatic rings. The van der Waals surface area contributed by atoms with Gasteiger partial charge in [-0.05, 0) is 24.5 Å². The van der Waals surface area contributed by atoms with Crippen LogP contribution in [0.2, 0.25) is 0 Å². The van der Waals surface area contributed by atoms with Crippen LogP contribution in [0.5, 0.6) is 0 Å². The van der Waals surface area contributed by atoms with Gasteiger partial charge in [0, 0.05) is 35.4 Å². The van der Waals surface area contributed by atoms with Crippen LogP contribution in [0.3, 0.4) is 0 Å². The molecule has 0 N–H and O–H groups in total. The lowest BCUT2D eigenvalue weighted by atomic mass is 9.78. The van der Waals surface area contributed by atoms with Gasteiger partial charge in [-0.2, -0.15) is 5.01 Å². The average molecular weight is 492 g/mol. The number of nitro benzene ring substituents is 2. The van der Waals surface area contributed by atoms with Crippen molar-refractivity contribution < 1.29 is 29.0 Å². The molecule has 1 fully saturated rings. The van der Waals surface area contributed by atoms with Gasteiger partial charge >= 0.3 is 0 Å². The Kier molecular flexibility index (Phi) is 6.43. The van der Waals surface area contributed by atoms with Gasteiger partial charge in [-0.25, -0.2) is 5.01 Å². The minimum Gasteiger partial charge on any atom is -0.292 e. The van der Waals surface area contributed by atoms with E-state index >= 15 is 0 Å². The number of imide groups is 1. The number of Topliss-reactive ketones (excluding diaryl/α,β-unsaturated/α-hetero) is 1. The lowest BCUT2D eigenvalue weighted by Crippen LogP contribution is -2.52. The van der Waals surface area contributed by atoms with Gasteiger partial charge in [0.05, 0.1) is 21.7 Å². The molecule has 0 radical (unpaired) electrons. The largest absolute Gasteiger partial charge is 0.292 e. The minimum atomic E-state index is -0.898. The number of amides is 3. The number of ketones is 1. The number of allylic oxidation sites excluding steroid dienone is 2. The summed E-state index contributed by atoms with van der Waals surface area (Å²) in [6.45, 7) is 1.02. The minimum absolute atomic E-state index is 0.0859. The third kappa shape index (κ3) is 4.35. The molecule has 1 heterocycles. The summed E-state index contributed by atoms with van der Waals surface area (Å²) in [7, 11) is 0. The zero-order chi connectivity index (χ0) is 26.1. The third-order valence-electron chi connectivity index (χ3n) is 6.32. The predicted octanol–water partition coefficient (Wildman–Crippen LogP) is 2.94. The topological polar surface area (TPSA) is 161 Å². The van der Waals surface area contributed by atoms with E-state index in [-0.39, 0.29) is 28.4 Å². The number of hydrazine groups is 1. The summed E-state index contributed by atoms with van der Waals surface area (Å²) in [5.41, 5.74) is -0.787. The number of benzene rings is 2. The maximum Gasteiger partial charge on any atom is 0.273 e. The fourth-order valence-corrected chi connectivity index (χ4v) is 4.50. The van der Waals surface area contributed by atoms with Gasteiger partial charge in [0.1, 0.15) is 6.54 Å². The second-order valence-corrected chi connectivity index (χ2v) is 8.54. The van der Waals surface area contributed by atoms with Crippen LogP contribution in [0.4, 0.5) is 11.4 Å². The van der Waals surface area contributed by atoms with Crippen molar-refractivity contribution in [1.82, 2.24) is 10.0 Å². The Hall–Kier alpha value is -4.74. The number of fused-ring (bicyclic) bond motifs is 1. The van der Waals surface area contributed by atoms with E-state index in [1.165, 1.54) is 18.2 Å². The van der Waals surface area contributed by atoms with Crippen LogP contribution in [-0.4, -0.2) is 49.9 Å². The highest BCUT2D eigenvalue weighted by atomic mass is 16.6. The van der Waals surface area contributed by atoms with Crippen LogP contribution in [0.15, 0.2) is 60.7 Å². The molecule has 1 saturated heterocycles. The monoisotopic (exact) mass is 492 g/mol. The summed E-state index contributed by atoms with van der Waals surface area (Å²) in [6, 6.07) is 9.37. The Balaban J connectivity index is 1.71. The molecule has 2 aromatic rings. The first-order valence-electron chi connectivity index (χ1n) is 11.0. The number of non-ortho nitro benzene ring substituents is 2. The highest BCUT2D eigenvalue weighted by Gasteiger charge is 2.53. The third-order valence-corrected chi connectivity index (χ3v) is 6.32. The van der Waals surface area contributed by atoms with Gasteiger partial charge in [-0.15, -0.1) is 0 Å². The fourth-order valence-electron chi connectivity index (χ4n) is 4.50. The molecule has 0 saturated carbocycles. The van der Waals surface area contributed by atoms with Gasteiger partial charge < -0.3 is 0 Å². The van der Waals surface area contributed by atoms with Crippen molar-refractivity contribution in [3.63, 3.8) is 0 Å². The molecular formula is C24H20N4O8. The maximum absolute atomic E-state index is 13.5. The summed E-state index contributed by atoms with van der Waals surface area (Å²) < 4.78 is 0. The summed E-state index contributed by atoms with van der Waals surface area (Å²) in [4.78, 5) is 73.9. The van der Waals surface area contributed by atoms with Gasteiger partial charge in [0.15, 0.2) is 5.78 Å². The molecular weight excluding hydrogens is 472 g/mol. The molecule has 12 nitrogen and oxygen atoms in total. The molecule has 3 amide bonds. The standard InChI is InChI=1S/C24H20N4O8/c1-14-4-2-7-19-21(14)24(32)26(23(19)31)25(22(30)15-8-10-17(11-9-15)27(33)34)13-20(29)16-5-3-6-18(12-16)28(35)36/h2-6,8-12,14,19,21H,7,13H2,1H3/t14-,19-,21+/m1/s1. The number of nitro groups is 2. The van der Waals surface area contributed by atoms with E-state index in [9.17, 15) is 39.4 Å². The fraction of sp³-hybridized carbons (Fsp3) is 0.250. The number of rotatable bonds is 7. The molecule has 2 aromatic carbocycles. The van der Waals surface area contributed by atoms with Gasteiger partial charge in [-0.3, -0.25) is 39.4 Å². The van der Waals surface area contributed by atoms with E-state index in [0.29, 0.717) is 11.4 Å². The van der Waals surface area contributed by atoms with E-state index < -0.39 is 51.7 Å². The lowest BCUT2D eigenvalue weighted by Gasteiger charge is -2.30. The van der Waals surface area contributed by atoms with Crippen molar-refractivity contribution in [2.45, 2.75) is 13.3 Å². The summed E-state index contributed by atoms with van der Waals surface area (Å²) in [6.07, 6.45) is 3.90. The summed E-state index contributed by atoms with van der Waals surface area (Å²) >= 11 is 0. The number of hydrogen-bond acceptors (Lipinski definition) is 8. The van der Waals surface area contributed by atoms with Crippen LogP contribution in [0.25, 0.3) is 0 Å². The zero-order valence-electron chi connectivity index (χ0n) is 19.0. The molecule has 12 heteroatoms. The Morgan fingerprint density at radius 2 is 1.64 bits per heavy atom. The lowest BCUT2D eigenvalue weighted by molar-refractivity contribution is -0.385. The molecule has 4 rings (SSSR count). The Morgan fingerprint density at radius 1 is 0.972 bits per heavy atom. The van der Waals surface area contributed by atoms with E-state index in [2.05, 4.69) is 0 Å². The molecule has 36 heavy (non-hydrogen) atoms. The van der Waals surface area contributed by atoms with Gasteiger partial charge in [0.2, 0.25) is 0 Å². The van der Waals surface area contributed by atoms with Crippen LogP contribution in [0, 0.1) is 38.0 Å². The quantitative estimate of drug-likeness (QED) is 0.187. The average Bonchev–Trinajstić information content (AvgIpc) is 3.12. The first-order valence-corrected chi connectivity index (χ1v) is 11.0. The maximum atomic E-state index is 13.5.